The van der Waals surface area contributed by atoms with Crippen molar-refractivity contribution in [2.45, 2.75) is 12.8 Å². The lowest BCUT2D eigenvalue weighted by Gasteiger charge is -2.06. The van der Waals surface area contributed by atoms with Crippen LogP contribution < -0.4 is 9.44 Å². The molecule has 1 saturated carbocycles. The molecule has 0 aliphatic heterocycles. The van der Waals surface area contributed by atoms with Crippen LogP contribution >= 0.6 is 0 Å². The van der Waals surface area contributed by atoms with Gasteiger partial charge in [0.1, 0.15) is 0 Å². The molecule has 1 aromatic rings. The lowest BCUT2D eigenvalue weighted by atomic mass is 10.1. The molecule has 1 aliphatic rings. The van der Waals surface area contributed by atoms with Crippen LogP contribution in [0.2, 0.25) is 0 Å². The number of rotatable bonds is 5. The Labute approximate surface area is 100 Å². The molecular weight excluding hydrogens is 240 g/mol. The van der Waals surface area contributed by atoms with E-state index in [0.717, 1.165) is 12.8 Å². The second kappa shape index (κ2) is 4.46. The summed E-state index contributed by atoms with van der Waals surface area (Å²) in [5.41, 5.74) is 1.08. The SMILES string of the molecule is CNS(=O)(=O)Nc1ccc(C(=O)C2CC2)cc1. The molecule has 0 unspecified atom stereocenters. The van der Waals surface area contributed by atoms with Crippen molar-refractivity contribution >= 4 is 21.7 Å². The van der Waals surface area contributed by atoms with E-state index in [9.17, 15) is 13.2 Å². The zero-order chi connectivity index (χ0) is 12.5. The molecule has 1 aliphatic carbocycles. The highest BCUT2D eigenvalue weighted by Crippen LogP contribution is 2.32. The van der Waals surface area contributed by atoms with Crippen molar-refractivity contribution in [2.75, 3.05) is 11.8 Å². The Hall–Kier alpha value is -1.40. The summed E-state index contributed by atoms with van der Waals surface area (Å²) in [6.07, 6.45) is 1.93. The molecule has 6 heteroatoms. The van der Waals surface area contributed by atoms with Gasteiger partial charge in [0.25, 0.3) is 10.2 Å². The summed E-state index contributed by atoms with van der Waals surface area (Å²) >= 11 is 0. The maximum atomic E-state index is 11.7. The van der Waals surface area contributed by atoms with Gasteiger partial charge in [-0.3, -0.25) is 9.52 Å². The fourth-order valence-electron chi connectivity index (χ4n) is 1.49. The summed E-state index contributed by atoms with van der Waals surface area (Å²) in [7, 11) is -2.17. The standard InChI is InChI=1S/C11H14N2O3S/c1-12-17(15,16)13-10-6-4-9(5-7-10)11(14)8-2-3-8/h4-8,12-13H,2-3H2,1H3. The Bertz CT molecular complexity index is 518. The third kappa shape index (κ3) is 3.04. The Balaban J connectivity index is 2.10. The third-order valence-corrected chi connectivity index (χ3v) is 3.68. The minimum Gasteiger partial charge on any atom is -0.294 e. The lowest BCUT2D eigenvalue weighted by Crippen LogP contribution is -2.26. The van der Waals surface area contributed by atoms with Gasteiger partial charge in [-0.05, 0) is 37.1 Å². The number of nitrogens with one attached hydrogen (secondary N) is 2. The van der Waals surface area contributed by atoms with Gasteiger partial charge in [-0.2, -0.15) is 8.42 Å². The summed E-state index contributed by atoms with van der Waals surface area (Å²) in [6, 6.07) is 6.47. The predicted molar refractivity (Wildman–Crippen MR) is 65.1 cm³/mol. The monoisotopic (exact) mass is 254 g/mol. The first-order valence-corrected chi connectivity index (χ1v) is 6.86. The number of benzene rings is 1. The zero-order valence-corrected chi connectivity index (χ0v) is 10.3. The van der Waals surface area contributed by atoms with Crippen LogP contribution in [0.4, 0.5) is 5.69 Å². The molecule has 0 saturated heterocycles. The summed E-state index contributed by atoms with van der Waals surface area (Å²) in [6.45, 7) is 0. The first-order valence-electron chi connectivity index (χ1n) is 5.37. The first-order chi connectivity index (χ1) is 8.02. The maximum absolute atomic E-state index is 11.7. The largest absolute Gasteiger partial charge is 0.298 e. The van der Waals surface area contributed by atoms with Crippen LogP contribution in [0.5, 0.6) is 0 Å². The zero-order valence-electron chi connectivity index (χ0n) is 9.43. The second-order valence-corrected chi connectivity index (χ2v) is 5.64. The first kappa shape index (κ1) is 12.1. The summed E-state index contributed by atoms with van der Waals surface area (Å²) in [4.78, 5) is 11.7. The normalized spacial score (nSPS) is 15.6. The molecule has 1 aromatic carbocycles. The molecule has 0 heterocycles. The predicted octanol–water partition coefficient (Wildman–Crippen LogP) is 1.16. The Morgan fingerprint density at radius 3 is 2.29 bits per heavy atom. The van der Waals surface area contributed by atoms with E-state index in [0.29, 0.717) is 11.3 Å². The van der Waals surface area contributed by atoms with Crippen LogP contribution in [-0.4, -0.2) is 21.2 Å². The van der Waals surface area contributed by atoms with Crippen molar-refractivity contribution in [3.8, 4) is 0 Å². The second-order valence-electron chi connectivity index (χ2n) is 4.03. The van der Waals surface area contributed by atoms with Crippen LogP contribution in [-0.2, 0) is 10.2 Å². The van der Waals surface area contributed by atoms with E-state index >= 15 is 0 Å². The van der Waals surface area contributed by atoms with Crippen LogP contribution in [0.3, 0.4) is 0 Å². The summed E-state index contributed by atoms with van der Waals surface area (Å²) in [5.74, 6) is 0.322. The third-order valence-electron chi connectivity index (χ3n) is 2.64. The Morgan fingerprint density at radius 2 is 1.82 bits per heavy atom. The number of hydrogen-bond acceptors (Lipinski definition) is 3. The topological polar surface area (TPSA) is 75.3 Å². The van der Waals surface area contributed by atoms with Gasteiger partial charge in [0.15, 0.2) is 5.78 Å². The quantitative estimate of drug-likeness (QED) is 0.774. The number of Topliss-reactive ketones (excluding diaryl/α,β-unsaturated/α-hetero) is 1. The molecule has 2 N–H and O–H groups in total. The lowest BCUT2D eigenvalue weighted by molar-refractivity contribution is 0.0967. The molecule has 0 atom stereocenters. The van der Waals surface area contributed by atoms with Crippen molar-refractivity contribution in [1.82, 2.24) is 4.72 Å². The van der Waals surface area contributed by atoms with E-state index < -0.39 is 10.2 Å². The van der Waals surface area contributed by atoms with E-state index in [2.05, 4.69) is 9.44 Å². The van der Waals surface area contributed by atoms with E-state index in [1.807, 2.05) is 0 Å². The molecule has 5 nitrogen and oxygen atoms in total. The van der Waals surface area contributed by atoms with Crippen LogP contribution in [0, 0.1) is 5.92 Å². The van der Waals surface area contributed by atoms with Gasteiger partial charge in [-0.1, -0.05) is 0 Å². The average molecular weight is 254 g/mol. The number of anilines is 1. The van der Waals surface area contributed by atoms with Gasteiger partial charge < -0.3 is 0 Å². The van der Waals surface area contributed by atoms with E-state index in [1.165, 1.54) is 7.05 Å². The molecule has 0 amide bonds. The maximum Gasteiger partial charge on any atom is 0.298 e. The number of carbonyl (C=O) groups excluding carboxylic acids is 1. The van der Waals surface area contributed by atoms with Gasteiger partial charge >= 0.3 is 0 Å². The Kier molecular flexibility index (Phi) is 3.17. The number of carbonyl (C=O) groups is 1. The molecule has 1 fully saturated rings. The van der Waals surface area contributed by atoms with Crippen molar-refractivity contribution in [3.63, 3.8) is 0 Å². The molecule has 0 aromatic heterocycles. The Morgan fingerprint density at radius 1 is 1.24 bits per heavy atom. The number of hydrogen-bond donors (Lipinski definition) is 2. The van der Waals surface area contributed by atoms with Crippen LogP contribution in [0.25, 0.3) is 0 Å². The summed E-state index contributed by atoms with van der Waals surface area (Å²) in [5, 5.41) is 0. The smallest absolute Gasteiger partial charge is 0.294 e. The van der Waals surface area contributed by atoms with Gasteiger partial charge in [0.2, 0.25) is 0 Å². The van der Waals surface area contributed by atoms with Gasteiger partial charge in [0.05, 0.1) is 0 Å². The van der Waals surface area contributed by atoms with Gasteiger partial charge in [0, 0.05) is 24.2 Å². The minimum absolute atomic E-state index is 0.146. The van der Waals surface area contributed by atoms with Gasteiger partial charge in [-0.25, -0.2) is 4.72 Å². The molecule has 0 bridgehead atoms. The molecular formula is C11H14N2O3S. The van der Waals surface area contributed by atoms with Crippen molar-refractivity contribution in [2.24, 2.45) is 5.92 Å². The van der Waals surface area contributed by atoms with Crippen LogP contribution in [0.15, 0.2) is 24.3 Å². The molecule has 0 spiro atoms. The van der Waals surface area contributed by atoms with E-state index in [4.69, 9.17) is 0 Å². The molecule has 17 heavy (non-hydrogen) atoms. The highest BCUT2D eigenvalue weighted by atomic mass is 32.2. The van der Waals surface area contributed by atoms with Crippen LogP contribution in [0.1, 0.15) is 23.2 Å². The molecule has 92 valence electrons. The molecule has 2 rings (SSSR count). The van der Waals surface area contributed by atoms with Crippen molar-refractivity contribution < 1.29 is 13.2 Å². The van der Waals surface area contributed by atoms with Gasteiger partial charge in [-0.15, -0.1) is 0 Å². The fraction of sp³-hybridized carbons (Fsp3) is 0.364. The number of ketones is 1. The average Bonchev–Trinajstić information content (AvgIpc) is 3.13. The minimum atomic E-state index is -3.49. The van der Waals surface area contributed by atoms with E-state index in [1.54, 1.807) is 24.3 Å². The summed E-state index contributed by atoms with van der Waals surface area (Å²) < 4.78 is 26.9. The molecule has 0 radical (unpaired) electrons. The highest BCUT2D eigenvalue weighted by molar-refractivity contribution is 7.90. The van der Waals surface area contributed by atoms with Crippen molar-refractivity contribution in [1.29, 1.82) is 0 Å². The van der Waals surface area contributed by atoms with Crippen molar-refractivity contribution in [3.05, 3.63) is 29.8 Å². The van der Waals surface area contributed by atoms with E-state index in [-0.39, 0.29) is 11.7 Å². The fourth-order valence-corrected chi connectivity index (χ4v) is 2.04. The highest BCUT2D eigenvalue weighted by Gasteiger charge is 2.30.